The number of thioether (sulfide) groups is 1. The lowest BCUT2D eigenvalue weighted by Crippen LogP contribution is -2.59. The van der Waals surface area contributed by atoms with Crippen molar-refractivity contribution in [1.82, 2.24) is 16.0 Å². The molecule has 1 heterocycles. The minimum absolute atomic E-state index is 0.0457. The normalized spacial score (nSPS) is 22.6. The molecule has 1 aromatic rings. The van der Waals surface area contributed by atoms with Crippen LogP contribution in [-0.4, -0.2) is 29.5 Å². The molecular formula is C15H18F3N3O2S. The molecule has 2 amide bonds. The third kappa shape index (κ3) is 5.41. The fourth-order valence-electron chi connectivity index (χ4n) is 2.41. The summed E-state index contributed by atoms with van der Waals surface area (Å²) < 4.78 is 36.9. The molecule has 5 nitrogen and oxygen atoms in total. The van der Waals surface area contributed by atoms with Crippen molar-refractivity contribution in [2.75, 3.05) is 0 Å². The molecule has 1 aromatic carbocycles. The second-order valence-corrected chi connectivity index (χ2v) is 6.70. The van der Waals surface area contributed by atoms with E-state index in [-0.39, 0.29) is 47.1 Å². The summed E-state index contributed by atoms with van der Waals surface area (Å²) in [7, 11) is 0. The molecule has 3 atom stereocenters. The fraction of sp³-hybridized carbons (Fsp3) is 0.467. The highest BCUT2D eigenvalue weighted by Gasteiger charge is 2.30. The van der Waals surface area contributed by atoms with E-state index in [9.17, 15) is 22.8 Å². The van der Waals surface area contributed by atoms with E-state index in [1.54, 1.807) is 26.0 Å². The summed E-state index contributed by atoms with van der Waals surface area (Å²) in [5.74, 6) is -0.527. The van der Waals surface area contributed by atoms with Gasteiger partial charge in [0.2, 0.25) is 11.8 Å². The molecule has 0 saturated carbocycles. The third-order valence-corrected chi connectivity index (χ3v) is 4.25. The Morgan fingerprint density at radius 1 is 1.33 bits per heavy atom. The molecule has 0 bridgehead atoms. The van der Waals surface area contributed by atoms with Gasteiger partial charge in [-0.1, -0.05) is 12.1 Å². The van der Waals surface area contributed by atoms with Gasteiger partial charge in [0.15, 0.2) is 0 Å². The van der Waals surface area contributed by atoms with Gasteiger partial charge in [-0.2, -0.15) is 13.2 Å². The van der Waals surface area contributed by atoms with Gasteiger partial charge >= 0.3 is 5.51 Å². The van der Waals surface area contributed by atoms with Gasteiger partial charge in [-0.3, -0.25) is 14.9 Å². The van der Waals surface area contributed by atoms with Crippen LogP contribution >= 0.6 is 11.8 Å². The topological polar surface area (TPSA) is 70.2 Å². The van der Waals surface area contributed by atoms with Crippen LogP contribution in [0.2, 0.25) is 0 Å². The Labute approximate surface area is 141 Å². The van der Waals surface area contributed by atoms with Gasteiger partial charge in [0.1, 0.15) is 0 Å². The fourth-order valence-corrected chi connectivity index (χ4v) is 2.95. The van der Waals surface area contributed by atoms with E-state index in [1.807, 2.05) is 0 Å². The van der Waals surface area contributed by atoms with Crippen molar-refractivity contribution < 1.29 is 22.8 Å². The summed E-state index contributed by atoms with van der Waals surface area (Å²) >= 11 is -0.184. The minimum Gasteiger partial charge on any atom is -0.348 e. The van der Waals surface area contributed by atoms with Gasteiger partial charge in [0.25, 0.3) is 0 Å². The van der Waals surface area contributed by atoms with Crippen LogP contribution in [0.4, 0.5) is 13.2 Å². The Morgan fingerprint density at radius 3 is 2.50 bits per heavy atom. The van der Waals surface area contributed by atoms with Crippen molar-refractivity contribution in [1.29, 1.82) is 0 Å². The van der Waals surface area contributed by atoms with Gasteiger partial charge in [-0.25, -0.2) is 0 Å². The number of carbonyl (C=O) groups excluding carboxylic acids is 2. The Kier molecular flexibility index (Phi) is 5.76. The van der Waals surface area contributed by atoms with E-state index in [1.165, 1.54) is 12.1 Å². The average molecular weight is 361 g/mol. The first kappa shape index (κ1) is 18.6. The van der Waals surface area contributed by atoms with Crippen molar-refractivity contribution in [3.05, 3.63) is 29.8 Å². The van der Waals surface area contributed by atoms with Crippen LogP contribution in [0.1, 0.15) is 31.9 Å². The number of amides is 2. The minimum atomic E-state index is -4.33. The van der Waals surface area contributed by atoms with Crippen LogP contribution in [0, 0.1) is 0 Å². The molecule has 9 heteroatoms. The number of benzene rings is 1. The summed E-state index contributed by atoms with van der Waals surface area (Å²) in [6, 6.07) is 4.81. The number of hydrogen-bond donors (Lipinski definition) is 3. The van der Waals surface area contributed by atoms with Crippen molar-refractivity contribution in [3.8, 4) is 0 Å². The number of rotatable bonds is 4. The lowest BCUT2D eigenvalue weighted by Gasteiger charge is -2.29. The summed E-state index contributed by atoms with van der Waals surface area (Å²) in [5.41, 5.74) is -3.64. The van der Waals surface area contributed by atoms with Crippen LogP contribution in [0.15, 0.2) is 29.2 Å². The Morgan fingerprint density at radius 2 is 1.96 bits per heavy atom. The SMILES string of the molecule is CC1NC(=O)CC(C(=O)N[C@H](C)c2ccc(SC(F)(F)F)cc2)N1. The molecule has 2 rings (SSSR count). The third-order valence-electron chi connectivity index (χ3n) is 3.51. The molecule has 0 radical (unpaired) electrons. The van der Waals surface area contributed by atoms with E-state index in [0.29, 0.717) is 5.56 Å². The first-order valence-electron chi connectivity index (χ1n) is 7.35. The monoisotopic (exact) mass is 361 g/mol. The van der Waals surface area contributed by atoms with Gasteiger partial charge in [0.05, 0.1) is 24.7 Å². The highest BCUT2D eigenvalue weighted by atomic mass is 32.2. The van der Waals surface area contributed by atoms with Crippen molar-refractivity contribution in [3.63, 3.8) is 0 Å². The van der Waals surface area contributed by atoms with Crippen LogP contribution in [0.25, 0.3) is 0 Å². The smallest absolute Gasteiger partial charge is 0.348 e. The van der Waals surface area contributed by atoms with E-state index in [2.05, 4.69) is 16.0 Å². The molecule has 1 saturated heterocycles. The summed E-state index contributed by atoms with van der Waals surface area (Å²) in [6.45, 7) is 3.47. The maximum Gasteiger partial charge on any atom is 0.446 e. The lowest BCUT2D eigenvalue weighted by atomic mass is 10.1. The molecular weight excluding hydrogens is 343 g/mol. The first-order valence-corrected chi connectivity index (χ1v) is 8.17. The molecule has 132 valence electrons. The molecule has 0 aliphatic carbocycles. The second-order valence-electron chi connectivity index (χ2n) is 5.56. The van der Waals surface area contributed by atoms with E-state index in [4.69, 9.17) is 0 Å². The quantitative estimate of drug-likeness (QED) is 0.720. The molecule has 0 aromatic heterocycles. The highest BCUT2D eigenvalue weighted by Crippen LogP contribution is 2.37. The van der Waals surface area contributed by atoms with Crippen molar-refractivity contribution >= 4 is 23.6 Å². The number of halogens is 3. The zero-order valence-corrected chi connectivity index (χ0v) is 13.9. The predicted octanol–water partition coefficient (Wildman–Crippen LogP) is 2.30. The molecule has 1 aliphatic heterocycles. The van der Waals surface area contributed by atoms with Crippen LogP contribution in [-0.2, 0) is 9.59 Å². The zero-order chi connectivity index (χ0) is 17.9. The lowest BCUT2D eigenvalue weighted by molar-refractivity contribution is -0.132. The maximum atomic E-state index is 12.3. The van der Waals surface area contributed by atoms with E-state index in [0.717, 1.165) is 0 Å². The van der Waals surface area contributed by atoms with Crippen LogP contribution < -0.4 is 16.0 Å². The second kappa shape index (κ2) is 7.43. The molecule has 3 N–H and O–H groups in total. The Hall–Kier alpha value is -1.74. The number of alkyl halides is 3. The van der Waals surface area contributed by atoms with Gasteiger partial charge in [-0.15, -0.1) is 0 Å². The summed E-state index contributed by atoms with van der Waals surface area (Å²) in [6.07, 6.45) is -0.250. The van der Waals surface area contributed by atoms with Crippen LogP contribution in [0.3, 0.4) is 0 Å². The van der Waals surface area contributed by atoms with E-state index >= 15 is 0 Å². The molecule has 1 fully saturated rings. The number of nitrogens with one attached hydrogen (secondary N) is 3. The number of hydrogen-bond acceptors (Lipinski definition) is 4. The average Bonchev–Trinajstić information content (AvgIpc) is 2.45. The molecule has 2 unspecified atom stereocenters. The van der Waals surface area contributed by atoms with Gasteiger partial charge < -0.3 is 10.6 Å². The van der Waals surface area contributed by atoms with Crippen molar-refractivity contribution in [2.24, 2.45) is 0 Å². The molecule has 0 spiro atoms. The van der Waals surface area contributed by atoms with Gasteiger partial charge in [-0.05, 0) is 43.3 Å². The standard InChI is InChI=1S/C15H18F3N3O2S/c1-8(10-3-5-11(6-4-10)24-15(16,17)18)19-14(23)12-7-13(22)21-9(2)20-12/h3-6,8-9,12,20H,7H2,1-2H3,(H,19,23)(H,21,22)/t8-,9?,12?/m1/s1. The largest absolute Gasteiger partial charge is 0.446 e. The van der Waals surface area contributed by atoms with Crippen LogP contribution in [0.5, 0.6) is 0 Å². The molecule has 24 heavy (non-hydrogen) atoms. The maximum absolute atomic E-state index is 12.3. The Bertz CT molecular complexity index is 607. The summed E-state index contributed by atoms with van der Waals surface area (Å²) in [5, 5.41) is 8.38. The van der Waals surface area contributed by atoms with E-state index < -0.39 is 11.6 Å². The number of carbonyl (C=O) groups is 2. The highest BCUT2D eigenvalue weighted by molar-refractivity contribution is 8.00. The summed E-state index contributed by atoms with van der Waals surface area (Å²) in [4.78, 5) is 23.8. The Balaban J connectivity index is 1.95. The first-order chi connectivity index (χ1) is 11.1. The predicted molar refractivity (Wildman–Crippen MR) is 84.1 cm³/mol. The molecule has 1 aliphatic rings. The van der Waals surface area contributed by atoms with Crippen molar-refractivity contribution in [2.45, 2.75) is 48.9 Å². The zero-order valence-electron chi connectivity index (χ0n) is 13.1. The van der Waals surface area contributed by atoms with Gasteiger partial charge in [0, 0.05) is 4.90 Å².